The molecule has 2 aromatic carbocycles. The van der Waals surface area contributed by atoms with E-state index in [4.69, 9.17) is 0 Å². The van der Waals surface area contributed by atoms with Crippen molar-refractivity contribution in [3.05, 3.63) is 76.8 Å². The Hall–Kier alpha value is -3.86. The van der Waals surface area contributed by atoms with Crippen molar-refractivity contribution in [3.63, 3.8) is 0 Å². The number of aromatic nitrogens is 2. The minimum atomic E-state index is -4.01. The summed E-state index contributed by atoms with van der Waals surface area (Å²) < 4.78 is 40.2. The van der Waals surface area contributed by atoms with E-state index in [1.807, 2.05) is 4.72 Å². The zero-order valence-corrected chi connectivity index (χ0v) is 18.8. The number of hydrogen-bond donors (Lipinski definition) is 2. The van der Waals surface area contributed by atoms with Crippen molar-refractivity contribution >= 4 is 27.5 Å². The van der Waals surface area contributed by atoms with Crippen LogP contribution in [-0.4, -0.2) is 30.0 Å². The Morgan fingerprint density at radius 1 is 0.970 bits per heavy atom. The van der Waals surface area contributed by atoms with E-state index in [0.717, 1.165) is 11.6 Å². The molecule has 0 aliphatic heterocycles. The van der Waals surface area contributed by atoms with E-state index < -0.39 is 38.8 Å². The molecular weight excluding hydrogens is 451 g/mol. The van der Waals surface area contributed by atoms with Crippen LogP contribution in [0.2, 0.25) is 0 Å². The predicted molar refractivity (Wildman–Crippen MR) is 119 cm³/mol. The normalized spacial score (nSPS) is 11.6. The van der Waals surface area contributed by atoms with Gasteiger partial charge in [-0.2, -0.15) is 5.10 Å². The number of nitrogens with one attached hydrogen (secondary N) is 2. The first-order valence-electron chi connectivity index (χ1n) is 9.72. The standard InChI is InChI=1S/C22H21FN4O5S/c1-14(28)26-33(31,32)18-10-8-17(9-11-18)24-21(30)22(2,3)27-20(29)13-12-19(25-27)15-4-6-16(23)7-5-15/h4-13H,1-3H3,(H,24,30)(H,26,28). The predicted octanol–water partition coefficient (Wildman–Crippen LogP) is 2.25. The molecule has 0 aliphatic carbocycles. The highest BCUT2D eigenvalue weighted by molar-refractivity contribution is 7.90. The molecule has 0 fully saturated rings. The van der Waals surface area contributed by atoms with Crippen LogP contribution in [0.25, 0.3) is 11.3 Å². The number of anilines is 1. The molecule has 9 nitrogen and oxygen atoms in total. The molecule has 172 valence electrons. The van der Waals surface area contributed by atoms with Crippen molar-refractivity contribution < 1.29 is 22.4 Å². The fourth-order valence-electron chi connectivity index (χ4n) is 2.93. The maximum Gasteiger partial charge on any atom is 0.267 e. The lowest BCUT2D eigenvalue weighted by Gasteiger charge is -2.25. The second-order valence-corrected chi connectivity index (χ2v) is 9.36. The maximum atomic E-state index is 13.2. The Balaban J connectivity index is 1.85. The van der Waals surface area contributed by atoms with Gasteiger partial charge in [0.2, 0.25) is 5.91 Å². The molecule has 0 aliphatic rings. The van der Waals surface area contributed by atoms with Gasteiger partial charge < -0.3 is 5.32 Å². The first-order valence-corrected chi connectivity index (χ1v) is 11.2. The summed E-state index contributed by atoms with van der Waals surface area (Å²) in [6.07, 6.45) is 0. The van der Waals surface area contributed by atoms with Gasteiger partial charge in [-0.25, -0.2) is 22.2 Å². The van der Waals surface area contributed by atoms with Crippen LogP contribution < -0.4 is 15.6 Å². The lowest BCUT2D eigenvalue weighted by molar-refractivity contribution is -0.123. The number of halogens is 1. The summed E-state index contributed by atoms with van der Waals surface area (Å²) in [6, 6.07) is 13.5. The van der Waals surface area contributed by atoms with Gasteiger partial charge in [0.15, 0.2) is 0 Å². The number of nitrogens with zero attached hydrogens (tertiary/aromatic N) is 2. The van der Waals surface area contributed by atoms with E-state index in [0.29, 0.717) is 11.3 Å². The van der Waals surface area contributed by atoms with Crippen LogP contribution in [0.4, 0.5) is 10.1 Å². The highest BCUT2D eigenvalue weighted by Crippen LogP contribution is 2.21. The molecule has 2 amide bonds. The van der Waals surface area contributed by atoms with E-state index in [1.165, 1.54) is 74.5 Å². The number of carbonyl (C=O) groups excluding carboxylic acids is 2. The van der Waals surface area contributed by atoms with Crippen LogP contribution in [-0.2, 0) is 25.2 Å². The van der Waals surface area contributed by atoms with Gasteiger partial charge in [-0.3, -0.25) is 14.4 Å². The monoisotopic (exact) mass is 472 g/mol. The van der Waals surface area contributed by atoms with Gasteiger partial charge >= 0.3 is 0 Å². The number of sulfonamides is 1. The third-order valence-electron chi connectivity index (χ3n) is 4.73. The lowest BCUT2D eigenvalue weighted by Crippen LogP contribution is -2.47. The van der Waals surface area contributed by atoms with Crippen LogP contribution in [0.15, 0.2) is 70.4 Å². The minimum Gasteiger partial charge on any atom is -0.324 e. The number of hydrogen-bond acceptors (Lipinski definition) is 6. The Morgan fingerprint density at radius 3 is 2.15 bits per heavy atom. The van der Waals surface area contributed by atoms with E-state index in [-0.39, 0.29) is 10.6 Å². The quantitative estimate of drug-likeness (QED) is 0.567. The first kappa shape index (κ1) is 23.8. The van der Waals surface area contributed by atoms with E-state index in [9.17, 15) is 27.2 Å². The molecule has 1 heterocycles. The highest BCUT2D eigenvalue weighted by atomic mass is 32.2. The second kappa shape index (κ2) is 8.94. The molecule has 0 unspecified atom stereocenters. The molecular formula is C22H21FN4O5S. The Bertz CT molecular complexity index is 1370. The summed E-state index contributed by atoms with van der Waals surface area (Å²) in [5, 5.41) is 6.91. The fraction of sp³-hybridized carbons (Fsp3) is 0.182. The van der Waals surface area contributed by atoms with Gasteiger partial charge in [-0.05, 0) is 68.4 Å². The average molecular weight is 472 g/mol. The maximum absolute atomic E-state index is 13.2. The molecule has 33 heavy (non-hydrogen) atoms. The van der Waals surface area contributed by atoms with Gasteiger partial charge in [-0.1, -0.05) is 0 Å². The van der Waals surface area contributed by atoms with Crippen LogP contribution in [0, 0.1) is 5.82 Å². The van der Waals surface area contributed by atoms with E-state index in [1.54, 1.807) is 0 Å². The third-order valence-corrected chi connectivity index (χ3v) is 6.17. The average Bonchev–Trinajstić information content (AvgIpc) is 2.74. The molecule has 0 spiro atoms. The van der Waals surface area contributed by atoms with Crippen molar-refractivity contribution in [2.75, 3.05) is 5.32 Å². The number of benzene rings is 2. The number of carbonyl (C=O) groups is 2. The number of rotatable bonds is 6. The molecule has 0 bridgehead atoms. The van der Waals surface area contributed by atoms with E-state index >= 15 is 0 Å². The molecule has 0 radical (unpaired) electrons. The Kier molecular flexibility index (Phi) is 6.45. The highest BCUT2D eigenvalue weighted by Gasteiger charge is 2.32. The van der Waals surface area contributed by atoms with E-state index in [2.05, 4.69) is 10.4 Å². The van der Waals surface area contributed by atoms with Crippen LogP contribution >= 0.6 is 0 Å². The summed E-state index contributed by atoms with van der Waals surface area (Å²) >= 11 is 0. The zero-order chi connectivity index (χ0) is 24.4. The van der Waals surface area contributed by atoms with Crippen LogP contribution in [0.1, 0.15) is 20.8 Å². The molecule has 3 aromatic rings. The Labute approximate surface area is 189 Å². The molecule has 0 saturated heterocycles. The topological polar surface area (TPSA) is 127 Å². The summed E-state index contributed by atoms with van der Waals surface area (Å²) in [5.41, 5.74) is -0.718. The van der Waals surface area contributed by atoms with Gasteiger partial charge in [0.25, 0.3) is 21.5 Å². The molecule has 2 N–H and O–H groups in total. The SMILES string of the molecule is CC(=O)NS(=O)(=O)c1ccc(NC(=O)C(C)(C)n2nc(-c3ccc(F)cc3)ccc2=O)cc1. The van der Waals surface area contributed by atoms with Crippen molar-refractivity contribution in [1.82, 2.24) is 14.5 Å². The molecule has 3 rings (SSSR count). The summed E-state index contributed by atoms with van der Waals surface area (Å²) in [6.45, 7) is 4.08. The van der Waals surface area contributed by atoms with Crippen molar-refractivity contribution in [1.29, 1.82) is 0 Å². The van der Waals surface area contributed by atoms with Crippen molar-refractivity contribution in [3.8, 4) is 11.3 Å². The minimum absolute atomic E-state index is 0.153. The summed E-state index contributed by atoms with van der Waals surface area (Å²) in [5.74, 6) is -1.72. The van der Waals surface area contributed by atoms with Gasteiger partial charge in [-0.15, -0.1) is 0 Å². The largest absolute Gasteiger partial charge is 0.324 e. The molecule has 0 atom stereocenters. The Morgan fingerprint density at radius 2 is 1.58 bits per heavy atom. The number of amides is 2. The molecule has 1 aromatic heterocycles. The van der Waals surface area contributed by atoms with Crippen LogP contribution in [0.3, 0.4) is 0 Å². The lowest BCUT2D eigenvalue weighted by atomic mass is 10.0. The summed E-state index contributed by atoms with van der Waals surface area (Å²) in [4.78, 5) is 36.3. The van der Waals surface area contributed by atoms with Crippen molar-refractivity contribution in [2.24, 2.45) is 0 Å². The van der Waals surface area contributed by atoms with Gasteiger partial charge in [0.05, 0.1) is 10.6 Å². The first-order chi connectivity index (χ1) is 15.4. The second-order valence-electron chi connectivity index (χ2n) is 7.67. The molecule has 11 heteroatoms. The zero-order valence-electron chi connectivity index (χ0n) is 18.0. The summed E-state index contributed by atoms with van der Waals surface area (Å²) in [7, 11) is -4.01. The third kappa shape index (κ3) is 5.32. The van der Waals surface area contributed by atoms with Crippen LogP contribution in [0.5, 0.6) is 0 Å². The fourth-order valence-corrected chi connectivity index (χ4v) is 3.92. The molecule has 0 saturated carbocycles. The van der Waals surface area contributed by atoms with Gasteiger partial charge in [0.1, 0.15) is 11.4 Å². The smallest absolute Gasteiger partial charge is 0.267 e. The van der Waals surface area contributed by atoms with Crippen molar-refractivity contribution in [2.45, 2.75) is 31.2 Å². The van der Waals surface area contributed by atoms with Gasteiger partial charge in [0, 0.05) is 24.2 Å².